The molecule has 5 amide bonds. The summed E-state index contributed by atoms with van der Waals surface area (Å²) >= 11 is 0. The third-order valence-corrected chi connectivity index (χ3v) is 10.3. The van der Waals surface area contributed by atoms with E-state index >= 15 is 0 Å². The number of carbonyl (C=O) groups is 6. The van der Waals surface area contributed by atoms with E-state index in [1.165, 1.54) is 7.11 Å². The molecule has 0 saturated carbocycles. The molecule has 15 nitrogen and oxygen atoms in total. The summed E-state index contributed by atoms with van der Waals surface area (Å²) in [5.41, 5.74) is 7.78. The number of ether oxygens (including phenoxy) is 2. The number of aliphatic hydroxyl groups excluding tert-OH is 1. The second-order valence-corrected chi connectivity index (χ2v) is 14.6. The maximum Gasteiger partial charge on any atom is 0.408 e. The minimum absolute atomic E-state index is 0.0232. The van der Waals surface area contributed by atoms with Gasteiger partial charge in [0.2, 0.25) is 23.6 Å². The zero-order valence-corrected chi connectivity index (χ0v) is 33.3. The van der Waals surface area contributed by atoms with Crippen molar-refractivity contribution < 1.29 is 43.3 Å². The van der Waals surface area contributed by atoms with Crippen molar-refractivity contribution in [1.29, 1.82) is 0 Å². The Morgan fingerprint density at radius 2 is 1.38 bits per heavy atom. The van der Waals surface area contributed by atoms with E-state index in [2.05, 4.69) is 21.3 Å². The number of alkyl carbamates (subject to hydrolysis) is 1. The smallest absolute Gasteiger partial charge is 0.408 e. The van der Waals surface area contributed by atoms with Gasteiger partial charge in [0.15, 0.2) is 0 Å². The van der Waals surface area contributed by atoms with Crippen molar-refractivity contribution in [2.24, 2.45) is 11.7 Å². The standard InChI is InChI=1S/C43H56N6O9/c1-4-28(2)38(41(54)46-34(42(55)57-3)24-30-17-10-6-11-18-30)48-40(53)35-21-14-22-49(35)26-36(50)32(23-29-15-8-5-9-16-29)45-39(52)33(25-37(44)51)47-43(56)58-27-31-19-12-7-13-20-31/h5-13,15-20,28,32-36,38,50H,4,14,21-27H2,1-3H3,(H2,44,51)(H,45,52)(H,46,54)(H,47,56)(H,48,53)/t28?,32-,33-,34-,35-,36-,38-/m0/s1. The quantitative estimate of drug-likeness (QED) is 0.0863. The van der Waals surface area contributed by atoms with Gasteiger partial charge in [-0.15, -0.1) is 0 Å². The number of aliphatic hydroxyl groups is 1. The first-order valence-electron chi connectivity index (χ1n) is 19.6. The predicted molar refractivity (Wildman–Crippen MR) is 216 cm³/mol. The van der Waals surface area contributed by atoms with E-state index < -0.39 is 78.4 Å². The van der Waals surface area contributed by atoms with Crippen molar-refractivity contribution >= 4 is 35.7 Å². The number of benzene rings is 3. The number of nitrogens with one attached hydrogen (secondary N) is 4. The topological polar surface area (TPSA) is 218 Å². The fourth-order valence-corrected chi connectivity index (χ4v) is 6.86. The van der Waals surface area contributed by atoms with Crippen molar-refractivity contribution in [3.05, 3.63) is 108 Å². The van der Waals surface area contributed by atoms with Crippen LogP contribution in [0.25, 0.3) is 0 Å². The number of methoxy groups -OCH3 is 1. The highest BCUT2D eigenvalue weighted by atomic mass is 16.5. The Balaban J connectivity index is 1.45. The summed E-state index contributed by atoms with van der Waals surface area (Å²) in [5.74, 6) is -3.43. The SMILES string of the molecule is CCC(C)[C@H](NC(=O)[C@@H]1CCCN1C[C@H](O)[C@H](Cc1ccccc1)NC(=O)[C@H](CC(N)=O)NC(=O)OCc1ccccc1)C(=O)N[C@@H](Cc1ccccc1)C(=O)OC. The average Bonchev–Trinajstić information content (AvgIpc) is 3.69. The van der Waals surface area contributed by atoms with Gasteiger partial charge in [-0.25, -0.2) is 9.59 Å². The molecule has 1 unspecified atom stereocenters. The number of likely N-dealkylation sites (tertiary alicyclic amines) is 1. The first-order chi connectivity index (χ1) is 27.9. The zero-order valence-electron chi connectivity index (χ0n) is 33.3. The molecule has 0 aliphatic carbocycles. The summed E-state index contributed by atoms with van der Waals surface area (Å²) in [4.78, 5) is 80.6. The Kier molecular flexibility index (Phi) is 17.7. The molecule has 4 rings (SSSR count). The van der Waals surface area contributed by atoms with Gasteiger partial charge in [-0.2, -0.15) is 0 Å². The minimum atomic E-state index is -1.40. The van der Waals surface area contributed by atoms with Crippen molar-refractivity contribution in [3.8, 4) is 0 Å². The van der Waals surface area contributed by atoms with Gasteiger partial charge < -0.3 is 41.6 Å². The number of carbonyl (C=O) groups excluding carboxylic acids is 6. The Morgan fingerprint density at radius 1 is 0.793 bits per heavy atom. The molecular formula is C43H56N6O9. The van der Waals surface area contributed by atoms with Crippen LogP contribution in [0.1, 0.15) is 56.2 Å². The van der Waals surface area contributed by atoms with Gasteiger partial charge >= 0.3 is 12.1 Å². The van der Waals surface area contributed by atoms with Crippen LogP contribution in [0.5, 0.6) is 0 Å². The van der Waals surface area contributed by atoms with Crippen LogP contribution in [0.3, 0.4) is 0 Å². The number of nitrogens with two attached hydrogens (primary N) is 1. The Bertz CT molecular complexity index is 1800. The van der Waals surface area contributed by atoms with E-state index in [0.29, 0.717) is 25.8 Å². The second-order valence-electron chi connectivity index (χ2n) is 14.6. The molecule has 1 heterocycles. The van der Waals surface area contributed by atoms with Crippen LogP contribution in [0.4, 0.5) is 4.79 Å². The highest BCUT2D eigenvalue weighted by molar-refractivity contribution is 5.93. The lowest BCUT2D eigenvalue weighted by Crippen LogP contribution is -2.59. The number of nitrogens with zero attached hydrogens (tertiary/aromatic N) is 1. The van der Waals surface area contributed by atoms with E-state index in [9.17, 15) is 33.9 Å². The third kappa shape index (κ3) is 14.0. The molecule has 15 heteroatoms. The van der Waals surface area contributed by atoms with E-state index in [0.717, 1.165) is 16.7 Å². The van der Waals surface area contributed by atoms with Crippen LogP contribution >= 0.6 is 0 Å². The molecule has 0 radical (unpaired) electrons. The zero-order chi connectivity index (χ0) is 42.0. The first kappa shape index (κ1) is 44.9. The Hall–Kier alpha value is -5.80. The van der Waals surface area contributed by atoms with Gasteiger partial charge in [0.1, 0.15) is 24.7 Å². The molecule has 312 valence electrons. The molecule has 7 atom stereocenters. The molecule has 0 aromatic heterocycles. The number of β-amino-alcohol motifs (C(OH)–C–C–N with tert-alkyl or cyclic N) is 1. The first-order valence-corrected chi connectivity index (χ1v) is 19.6. The van der Waals surface area contributed by atoms with Crippen LogP contribution in [0, 0.1) is 5.92 Å². The maximum absolute atomic E-state index is 13.9. The molecule has 1 saturated heterocycles. The number of rotatable bonds is 21. The normalized spacial score (nSPS) is 17.0. The molecule has 1 aliphatic heterocycles. The summed E-state index contributed by atoms with van der Waals surface area (Å²) in [6.45, 7) is 4.11. The minimum Gasteiger partial charge on any atom is -0.467 e. The highest BCUT2D eigenvalue weighted by Gasteiger charge is 2.38. The van der Waals surface area contributed by atoms with Crippen LogP contribution in [0.2, 0.25) is 0 Å². The largest absolute Gasteiger partial charge is 0.467 e. The number of hydrogen-bond donors (Lipinski definition) is 6. The van der Waals surface area contributed by atoms with Crippen molar-refractivity contribution in [2.45, 2.75) is 95.3 Å². The van der Waals surface area contributed by atoms with E-state index in [4.69, 9.17) is 15.2 Å². The summed E-state index contributed by atoms with van der Waals surface area (Å²) in [5, 5.41) is 22.7. The number of hydrogen-bond acceptors (Lipinski definition) is 10. The lowest BCUT2D eigenvalue weighted by molar-refractivity contribution is -0.145. The summed E-state index contributed by atoms with van der Waals surface area (Å²) in [7, 11) is 1.25. The van der Waals surface area contributed by atoms with Gasteiger partial charge in [-0.05, 0) is 48.4 Å². The van der Waals surface area contributed by atoms with Crippen LogP contribution in [0.15, 0.2) is 91.0 Å². The second kappa shape index (κ2) is 22.8. The number of primary amides is 1. The van der Waals surface area contributed by atoms with E-state index in [1.54, 1.807) is 24.3 Å². The van der Waals surface area contributed by atoms with E-state index in [1.807, 2.05) is 85.5 Å². The van der Waals surface area contributed by atoms with Crippen molar-refractivity contribution in [2.75, 3.05) is 20.2 Å². The van der Waals surface area contributed by atoms with E-state index in [-0.39, 0.29) is 31.9 Å². The van der Waals surface area contributed by atoms with Crippen LogP contribution < -0.4 is 27.0 Å². The van der Waals surface area contributed by atoms with Crippen LogP contribution in [-0.4, -0.2) is 102 Å². The number of amides is 5. The molecule has 1 aliphatic rings. The summed E-state index contributed by atoms with van der Waals surface area (Å²) < 4.78 is 10.2. The lowest BCUT2D eigenvalue weighted by atomic mass is 9.96. The maximum atomic E-state index is 13.9. The molecule has 7 N–H and O–H groups in total. The van der Waals surface area contributed by atoms with Gasteiger partial charge in [-0.3, -0.25) is 24.1 Å². The molecule has 3 aromatic carbocycles. The fourth-order valence-electron chi connectivity index (χ4n) is 6.86. The fraction of sp³-hybridized carbons (Fsp3) is 0.442. The molecule has 1 fully saturated rings. The van der Waals surface area contributed by atoms with Crippen molar-refractivity contribution in [3.63, 3.8) is 0 Å². The molecule has 0 spiro atoms. The van der Waals surface area contributed by atoms with Gasteiger partial charge in [0.25, 0.3) is 0 Å². The van der Waals surface area contributed by atoms with Crippen LogP contribution in [-0.2, 0) is 52.9 Å². The molecular weight excluding hydrogens is 745 g/mol. The summed E-state index contributed by atoms with van der Waals surface area (Å²) in [6, 6.07) is 22.3. The summed E-state index contributed by atoms with van der Waals surface area (Å²) in [6.07, 6.45) is -0.637. The third-order valence-electron chi connectivity index (χ3n) is 10.3. The average molecular weight is 801 g/mol. The van der Waals surface area contributed by atoms with Gasteiger partial charge in [0.05, 0.1) is 31.7 Å². The van der Waals surface area contributed by atoms with Gasteiger partial charge in [0, 0.05) is 13.0 Å². The Labute approximate surface area is 339 Å². The Morgan fingerprint density at radius 3 is 1.95 bits per heavy atom. The molecule has 0 bridgehead atoms. The van der Waals surface area contributed by atoms with Crippen molar-refractivity contribution in [1.82, 2.24) is 26.2 Å². The monoisotopic (exact) mass is 800 g/mol. The predicted octanol–water partition coefficient (Wildman–Crippen LogP) is 2.14. The molecule has 58 heavy (non-hydrogen) atoms. The highest BCUT2D eigenvalue weighted by Crippen LogP contribution is 2.21. The molecule has 3 aromatic rings. The lowest BCUT2D eigenvalue weighted by Gasteiger charge is -2.33. The van der Waals surface area contributed by atoms with Gasteiger partial charge in [-0.1, -0.05) is 111 Å². The number of esters is 1.